The van der Waals surface area contributed by atoms with Crippen LogP contribution in [0.15, 0.2) is 18.3 Å². The molecule has 1 nitrogen and oxygen atoms in total. The Balaban J connectivity index is 2.56. The lowest BCUT2D eigenvalue weighted by Gasteiger charge is -1.98. The van der Waals surface area contributed by atoms with Crippen LogP contribution in [0.5, 0.6) is 0 Å². The summed E-state index contributed by atoms with van der Waals surface area (Å²) in [5, 5.41) is 0. The Kier molecular flexibility index (Phi) is 3.43. The lowest BCUT2D eigenvalue weighted by atomic mass is 10.1. The summed E-state index contributed by atoms with van der Waals surface area (Å²) < 4.78 is 0. The van der Waals surface area contributed by atoms with Gasteiger partial charge >= 0.3 is 0 Å². The molecule has 11 heavy (non-hydrogen) atoms. The Hall–Kier alpha value is -0.500. The fourth-order valence-electron chi connectivity index (χ4n) is 1.04. The van der Waals surface area contributed by atoms with E-state index in [2.05, 4.69) is 29.7 Å². The van der Waals surface area contributed by atoms with Crippen LogP contribution in [-0.2, 0) is 6.42 Å². The van der Waals surface area contributed by atoms with E-state index in [4.69, 9.17) is 0 Å². The van der Waals surface area contributed by atoms with E-state index in [9.17, 15) is 0 Å². The van der Waals surface area contributed by atoms with Crippen LogP contribution >= 0.6 is 12.6 Å². The Morgan fingerprint density at radius 3 is 3.00 bits per heavy atom. The summed E-state index contributed by atoms with van der Waals surface area (Å²) in [5.41, 5.74) is 2.47. The zero-order valence-corrected chi connectivity index (χ0v) is 7.64. The van der Waals surface area contributed by atoms with Crippen molar-refractivity contribution >= 4 is 12.6 Å². The molecule has 0 fully saturated rings. The van der Waals surface area contributed by atoms with Gasteiger partial charge in [-0.25, -0.2) is 0 Å². The first kappa shape index (κ1) is 8.60. The Bertz CT molecular complexity index is 223. The molecule has 0 aliphatic heterocycles. The summed E-state index contributed by atoms with van der Waals surface area (Å²) in [6, 6.07) is 4.19. The second-order valence-corrected chi connectivity index (χ2v) is 3.08. The van der Waals surface area contributed by atoms with E-state index in [1.807, 2.05) is 13.1 Å². The van der Waals surface area contributed by atoms with E-state index in [0.717, 1.165) is 24.3 Å². The van der Waals surface area contributed by atoms with Crippen LogP contribution in [-0.4, -0.2) is 10.7 Å². The average Bonchev–Trinajstić information content (AvgIpc) is 2.01. The minimum absolute atomic E-state index is 0.960. The Morgan fingerprint density at radius 1 is 1.55 bits per heavy atom. The molecule has 1 heterocycles. The molecular formula is C9H13NS. The van der Waals surface area contributed by atoms with Gasteiger partial charge in [-0.05, 0) is 43.2 Å². The number of nitrogens with zero attached hydrogens (tertiary/aromatic N) is 1. The molecule has 0 atom stereocenters. The number of pyridine rings is 1. The SMILES string of the molecule is Cc1cc(CCCS)ccn1. The normalized spacial score (nSPS) is 10.0. The number of hydrogen-bond acceptors (Lipinski definition) is 2. The summed E-state index contributed by atoms with van der Waals surface area (Å²) in [7, 11) is 0. The van der Waals surface area contributed by atoms with E-state index < -0.39 is 0 Å². The van der Waals surface area contributed by atoms with Gasteiger partial charge in [0.15, 0.2) is 0 Å². The molecule has 0 radical (unpaired) electrons. The van der Waals surface area contributed by atoms with Gasteiger partial charge in [0.05, 0.1) is 0 Å². The molecular weight excluding hydrogens is 154 g/mol. The van der Waals surface area contributed by atoms with E-state index in [-0.39, 0.29) is 0 Å². The third-order valence-electron chi connectivity index (χ3n) is 1.58. The first-order chi connectivity index (χ1) is 5.33. The molecule has 0 unspecified atom stereocenters. The molecule has 0 N–H and O–H groups in total. The maximum atomic E-state index is 4.16. The van der Waals surface area contributed by atoms with E-state index in [1.54, 1.807) is 0 Å². The van der Waals surface area contributed by atoms with Crippen LogP contribution < -0.4 is 0 Å². The predicted molar refractivity (Wildman–Crippen MR) is 51.1 cm³/mol. The number of thiol groups is 1. The maximum absolute atomic E-state index is 4.16. The molecule has 0 aliphatic carbocycles. The van der Waals surface area contributed by atoms with Crippen LogP contribution in [0.4, 0.5) is 0 Å². The van der Waals surface area contributed by atoms with Crippen molar-refractivity contribution in [3.05, 3.63) is 29.6 Å². The quantitative estimate of drug-likeness (QED) is 0.681. The van der Waals surface area contributed by atoms with Crippen LogP contribution in [0, 0.1) is 6.92 Å². The average molecular weight is 167 g/mol. The van der Waals surface area contributed by atoms with Crippen LogP contribution in [0.25, 0.3) is 0 Å². The number of hydrogen-bond donors (Lipinski definition) is 1. The number of rotatable bonds is 3. The first-order valence-electron chi connectivity index (χ1n) is 3.85. The van der Waals surface area contributed by atoms with Crippen molar-refractivity contribution in [3.63, 3.8) is 0 Å². The van der Waals surface area contributed by atoms with Crippen molar-refractivity contribution in [2.75, 3.05) is 5.75 Å². The van der Waals surface area contributed by atoms with Crippen molar-refractivity contribution in [2.24, 2.45) is 0 Å². The van der Waals surface area contributed by atoms with Gasteiger partial charge in [0, 0.05) is 11.9 Å². The molecule has 0 bridgehead atoms. The van der Waals surface area contributed by atoms with E-state index in [0.29, 0.717) is 0 Å². The van der Waals surface area contributed by atoms with Crippen molar-refractivity contribution in [1.29, 1.82) is 0 Å². The van der Waals surface area contributed by atoms with Crippen molar-refractivity contribution in [1.82, 2.24) is 4.98 Å². The van der Waals surface area contributed by atoms with Gasteiger partial charge in [-0.1, -0.05) is 0 Å². The lowest BCUT2D eigenvalue weighted by Crippen LogP contribution is -1.88. The van der Waals surface area contributed by atoms with Gasteiger partial charge in [0.2, 0.25) is 0 Å². The van der Waals surface area contributed by atoms with Gasteiger partial charge in [0.1, 0.15) is 0 Å². The largest absolute Gasteiger partial charge is 0.262 e. The minimum atomic E-state index is 0.960. The highest BCUT2D eigenvalue weighted by molar-refractivity contribution is 7.80. The van der Waals surface area contributed by atoms with E-state index >= 15 is 0 Å². The summed E-state index contributed by atoms with van der Waals surface area (Å²) in [6.45, 7) is 2.02. The van der Waals surface area contributed by atoms with Crippen LogP contribution in [0.3, 0.4) is 0 Å². The molecule has 0 aliphatic rings. The van der Waals surface area contributed by atoms with Gasteiger partial charge in [0.25, 0.3) is 0 Å². The number of aromatic nitrogens is 1. The van der Waals surface area contributed by atoms with Crippen LogP contribution in [0.2, 0.25) is 0 Å². The third kappa shape index (κ3) is 2.93. The molecule has 0 spiro atoms. The maximum Gasteiger partial charge on any atom is 0.0375 e. The zero-order valence-electron chi connectivity index (χ0n) is 6.75. The molecule has 0 saturated heterocycles. The fourth-order valence-corrected chi connectivity index (χ4v) is 1.20. The molecule has 1 rings (SSSR count). The summed E-state index contributed by atoms with van der Waals surface area (Å²) >= 11 is 4.16. The van der Waals surface area contributed by atoms with Gasteiger partial charge in [-0.2, -0.15) is 12.6 Å². The second kappa shape index (κ2) is 4.39. The van der Waals surface area contributed by atoms with Gasteiger partial charge < -0.3 is 0 Å². The molecule has 0 amide bonds. The van der Waals surface area contributed by atoms with Gasteiger partial charge in [-0.15, -0.1) is 0 Å². The van der Waals surface area contributed by atoms with E-state index in [1.165, 1.54) is 5.56 Å². The zero-order chi connectivity index (χ0) is 8.10. The lowest BCUT2D eigenvalue weighted by molar-refractivity contribution is 0.927. The molecule has 2 heteroatoms. The number of aryl methyl sites for hydroxylation is 2. The summed E-state index contributed by atoms with van der Waals surface area (Å²) in [5.74, 6) is 0.960. The monoisotopic (exact) mass is 167 g/mol. The Morgan fingerprint density at radius 2 is 2.36 bits per heavy atom. The molecule has 0 saturated carbocycles. The smallest absolute Gasteiger partial charge is 0.0375 e. The highest BCUT2D eigenvalue weighted by Crippen LogP contribution is 2.04. The minimum Gasteiger partial charge on any atom is -0.262 e. The van der Waals surface area contributed by atoms with Crippen molar-refractivity contribution in [2.45, 2.75) is 19.8 Å². The van der Waals surface area contributed by atoms with Gasteiger partial charge in [-0.3, -0.25) is 4.98 Å². The fraction of sp³-hybridized carbons (Fsp3) is 0.444. The predicted octanol–water partition coefficient (Wildman–Crippen LogP) is 2.25. The molecule has 1 aromatic heterocycles. The highest BCUT2D eigenvalue weighted by Gasteiger charge is 1.91. The standard InChI is InChI=1S/C9H13NS/c1-8-7-9(3-2-6-11)4-5-10-8/h4-5,7,11H,2-3,6H2,1H3. The summed E-state index contributed by atoms with van der Waals surface area (Å²) in [6.07, 6.45) is 4.13. The summed E-state index contributed by atoms with van der Waals surface area (Å²) in [4.78, 5) is 4.13. The third-order valence-corrected chi connectivity index (χ3v) is 1.90. The van der Waals surface area contributed by atoms with Crippen molar-refractivity contribution in [3.8, 4) is 0 Å². The topological polar surface area (TPSA) is 12.9 Å². The highest BCUT2D eigenvalue weighted by atomic mass is 32.1. The molecule has 60 valence electrons. The first-order valence-corrected chi connectivity index (χ1v) is 4.48. The Labute approximate surface area is 73.3 Å². The van der Waals surface area contributed by atoms with Crippen molar-refractivity contribution < 1.29 is 0 Å². The molecule has 0 aromatic carbocycles. The van der Waals surface area contributed by atoms with Crippen LogP contribution in [0.1, 0.15) is 17.7 Å². The second-order valence-electron chi connectivity index (χ2n) is 2.63. The molecule has 1 aromatic rings.